The van der Waals surface area contributed by atoms with E-state index in [0.717, 1.165) is 57.0 Å². The standard InChI is InChI=1S/C25H36ClN5O/c1-20-9-10-22(26)17-24(20)30-15-13-29(14-16-30)12-6-11-27-25(32)19-31-18-21-7-4-2-3-5-8-23(21)28-31/h9-10,17-18H,2-8,11-16,19H2,1H3,(H,27,32). The fourth-order valence-electron chi connectivity index (χ4n) is 4.83. The summed E-state index contributed by atoms with van der Waals surface area (Å²) in [5.41, 5.74) is 5.06. The second-order valence-corrected chi connectivity index (χ2v) is 9.61. The molecule has 0 bridgehead atoms. The Labute approximate surface area is 196 Å². The number of hydrogen-bond acceptors (Lipinski definition) is 4. The molecular weight excluding hydrogens is 422 g/mol. The zero-order valence-electron chi connectivity index (χ0n) is 19.3. The van der Waals surface area contributed by atoms with E-state index in [-0.39, 0.29) is 5.91 Å². The number of carbonyl (C=O) groups is 1. The van der Waals surface area contributed by atoms with Crippen LogP contribution in [-0.4, -0.2) is 59.9 Å². The van der Waals surface area contributed by atoms with Crippen LogP contribution in [0.1, 0.15) is 48.9 Å². The van der Waals surface area contributed by atoms with Crippen LogP contribution in [0, 0.1) is 6.92 Å². The zero-order chi connectivity index (χ0) is 22.3. The fraction of sp³-hybridized carbons (Fsp3) is 0.600. The van der Waals surface area contributed by atoms with Crippen molar-refractivity contribution in [2.45, 2.75) is 58.4 Å². The van der Waals surface area contributed by atoms with E-state index in [1.165, 1.54) is 48.2 Å². The van der Waals surface area contributed by atoms with Crippen molar-refractivity contribution in [3.63, 3.8) is 0 Å². The molecular formula is C25H36ClN5O. The van der Waals surface area contributed by atoms with Gasteiger partial charge in [-0.25, -0.2) is 0 Å². The Bertz CT molecular complexity index is 878. The molecule has 1 aromatic heterocycles. The van der Waals surface area contributed by atoms with Crippen molar-refractivity contribution in [1.29, 1.82) is 0 Å². The Morgan fingerprint density at radius 3 is 2.69 bits per heavy atom. The molecule has 0 saturated carbocycles. The highest BCUT2D eigenvalue weighted by atomic mass is 35.5. The van der Waals surface area contributed by atoms with Gasteiger partial charge >= 0.3 is 0 Å². The van der Waals surface area contributed by atoms with Crippen LogP contribution in [0.4, 0.5) is 5.69 Å². The number of rotatable bonds is 7. The van der Waals surface area contributed by atoms with Crippen LogP contribution in [0.15, 0.2) is 24.4 Å². The molecule has 4 rings (SSSR count). The van der Waals surface area contributed by atoms with Gasteiger partial charge in [0, 0.05) is 49.6 Å². The van der Waals surface area contributed by atoms with Gasteiger partial charge in [0.1, 0.15) is 6.54 Å². The van der Waals surface area contributed by atoms with Gasteiger partial charge in [-0.2, -0.15) is 5.10 Å². The molecule has 0 spiro atoms. The number of nitrogens with one attached hydrogen (secondary N) is 1. The lowest BCUT2D eigenvalue weighted by atomic mass is 9.99. The van der Waals surface area contributed by atoms with E-state index in [0.29, 0.717) is 13.1 Å². The number of aryl methyl sites for hydroxylation is 3. The smallest absolute Gasteiger partial charge is 0.241 e. The number of aromatic nitrogens is 2. The van der Waals surface area contributed by atoms with Crippen LogP contribution in [0.2, 0.25) is 5.02 Å². The van der Waals surface area contributed by atoms with Crippen molar-refractivity contribution in [3.8, 4) is 0 Å². The van der Waals surface area contributed by atoms with Crippen LogP contribution in [0.3, 0.4) is 0 Å². The topological polar surface area (TPSA) is 53.4 Å². The summed E-state index contributed by atoms with van der Waals surface area (Å²) in [5.74, 6) is 0.0572. The van der Waals surface area contributed by atoms with Crippen LogP contribution in [0.25, 0.3) is 0 Å². The Kier molecular flexibility index (Phi) is 8.09. The summed E-state index contributed by atoms with van der Waals surface area (Å²) in [4.78, 5) is 17.3. The Morgan fingerprint density at radius 2 is 1.88 bits per heavy atom. The minimum absolute atomic E-state index is 0.0572. The number of anilines is 1. The largest absolute Gasteiger partial charge is 0.369 e. The molecule has 0 radical (unpaired) electrons. The number of halogens is 1. The number of piperazine rings is 1. The van der Waals surface area contributed by atoms with Crippen molar-refractivity contribution in [3.05, 3.63) is 46.2 Å². The molecule has 0 unspecified atom stereocenters. The number of carbonyl (C=O) groups excluding carboxylic acids is 1. The summed E-state index contributed by atoms with van der Waals surface area (Å²) in [5, 5.41) is 8.54. The van der Waals surface area contributed by atoms with Crippen molar-refractivity contribution in [1.82, 2.24) is 20.0 Å². The van der Waals surface area contributed by atoms with Crippen molar-refractivity contribution in [2.24, 2.45) is 0 Å². The lowest BCUT2D eigenvalue weighted by Crippen LogP contribution is -2.47. The van der Waals surface area contributed by atoms with Gasteiger partial charge in [0.05, 0.1) is 5.69 Å². The van der Waals surface area contributed by atoms with Crippen LogP contribution in [0.5, 0.6) is 0 Å². The molecule has 1 amide bonds. The second kappa shape index (κ2) is 11.2. The summed E-state index contributed by atoms with van der Waals surface area (Å²) in [6.45, 7) is 8.30. The summed E-state index contributed by atoms with van der Waals surface area (Å²) < 4.78 is 1.84. The summed E-state index contributed by atoms with van der Waals surface area (Å²) in [6, 6.07) is 6.11. The molecule has 1 aromatic carbocycles. The number of fused-ring (bicyclic) bond motifs is 1. The molecule has 1 aliphatic carbocycles. The van der Waals surface area contributed by atoms with Crippen LogP contribution >= 0.6 is 11.6 Å². The van der Waals surface area contributed by atoms with Gasteiger partial charge < -0.3 is 10.2 Å². The molecule has 32 heavy (non-hydrogen) atoms. The van der Waals surface area contributed by atoms with E-state index in [1.54, 1.807) is 0 Å². The van der Waals surface area contributed by atoms with Crippen molar-refractivity contribution < 1.29 is 4.79 Å². The normalized spacial score (nSPS) is 17.5. The minimum atomic E-state index is 0.0572. The molecule has 2 aromatic rings. The SMILES string of the molecule is Cc1ccc(Cl)cc1N1CCN(CCCNC(=O)Cn2cc3c(n2)CCCCCC3)CC1. The first-order valence-electron chi connectivity index (χ1n) is 12.1. The van der Waals surface area contributed by atoms with E-state index in [2.05, 4.69) is 45.5 Å². The molecule has 1 aliphatic heterocycles. The highest BCUT2D eigenvalue weighted by molar-refractivity contribution is 6.30. The quantitative estimate of drug-likeness (QED) is 0.642. The second-order valence-electron chi connectivity index (χ2n) is 9.18. The van der Waals surface area contributed by atoms with E-state index in [9.17, 15) is 4.79 Å². The van der Waals surface area contributed by atoms with Gasteiger partial charge in [-0.05, 0) is 68.8 Å². The summed E-state index contributed by atoms with van der Waals surface area (Å²) in [6.07, 6.45) is 10.2. The van der Waals surface area contributed by atoms with Gasteiger partial charge in [0.2, 0.25) is 5.91 Å². The number of amides is 1. The number of benzene rings is 1. The van der Waals surface area contributed by atoms with Gasteiger partial charge in [-0.15, -0.1) is 0 Å². The molecule has 174 valence electrons. The first-order chi connectivity index (χ1) is 15.6. The van der Waals surface area contributed by atoms with E-state index in [4.69, 9.17) is 11.6 Å². The van der Waals surface area contributed by atoms with Crippen molar-refractivity contribution >= 4 is 23.2 Å². The first kappa shape index (κ1) is 23.1. The molecule has 1 saturated heterocycles. The predicted octanol–water partition coefficient (Wildman–Crippen LogP) is 3.83. The summed E-state index contributed by atoms with van der Waals surface area (Å²) in [7, 11) is 0. The first-order valence-corrected chi connectivity index (χ1v) is 12.5. The average Bonchev–Trinajstić information content (AvgIpc) is 3.13. The molecule has 1 N–H and O–H groups in total. The third-order valence-electron chi connectivity index (χ3n) is 6.70. The zero-order valence-corrected chi connectivity index (χ0v) is 20.0. The Balaban J connectivity index is 1.14. The lowest BCUT2D eigenvalue weighted by Gasteiger charge is -2.37. The monoisotopic (exact) mass is 457 g/mol. The number of nitrogens with zero attached hydrogens (tertiary/aromatic N) is 4. The highest BCUT2D eigenvalue weighted by Crippen LogP contribution is 2.25. The van der Waals surface area contributed by atoms with Crippen LogP contribution in [-0.2, 0) is 24.2 Å². The van der Waals surface area contributed by atoms with Crippen LogP contribution < -0.4 is 10.2 Å². The molecule has 0 atom stereocenters. The van der Waals surface area contributed by atoms with Gasteiger partial charge in [0.25, 0.3) is 0 Å². The van der Waals surface area contributed by atoms with Gasteiger partial charge in [-0.3, -0.25) is 14.4 Å². The Morgan fingerprint density at radius 1 is 1.09 bits per heavy atom. The third kappa shape index (κ3) is 6.26. The average molecular weight is 458 g/mol. The fourth-order valence-corrected chi connectivity index (χ4v) is 5.00. The van der Waals surface area contributed by atoms with Gasteiger partial charge in [0.15, 0.2) is 0 Å². The third-order valence-corrected chi connectivity index (χ3v) is 6.93. The van der Waals surface area contributed by atoms with Gasteiger partial charge in [-0.1, -0.05) is 30.5 Å². The molecule has 6 nitrogen and oxygen atoms in total. The highest BCUT2D eigenvalue weighted by Gasteiger charge is 2.18. The number of hydrogen-bond donors (Lipinski definition) is 1. The lowest BCUT2D eigenvalue weighted by molar-refractivity contribution is -0.121. The predicted molar refractivity (Wildman–Crippen MR) is 131 cm³/mol. The van der Waals surface area contributed by atoms with E-state index in [1.807, 2.05) is 10.7 Å². The Hall–Kier alpha value is -2.05. The maximum atomic E-state index is 12.4. The van der Waals surface area contributed by atoms with E-state index >= 15 is 0 Å². The molecule has 1 fully saturated rings. The minimum Gasteiger partial charge on any atom is -0.369 e. The molecule has 2 heterocycles. The summed E-state index contributed by atoms with van der Waals surface area (Å²) >= 11 is 6.19. The molecule has 2 aliphatic rings. The van der Waals surface area contributed by atoms with Crippen molar-refractivity contribution in [2.75, 3.05) is 44.2 Å². The maximum absolute atomic E-state index is 12.4. The molecule has 7 heteroatoms. The maximum Gasteiger partial charge on any atom is 0.241 e. The van der Waals surface area contributed by atoms with E-state index < -0.39 is 0 Å².